The molecule has 2 aliphatic rings. The van der Waals surface area contributed by atoms with E-state index in [-0.39, 0.29) is 6.61 Å². The largest absolute Gasteiger partial charge is 0.396 e. The van der Waals surface area contributed by atoms with E-state index in [1.807, 2.05) is 6.07 Å². The Morgan fingerprint density at radius 1 is 1.18 bits per heavy atom. The van der Waals surface area contributed by atoms with Crippen LogP contribution in [0, 0.1) is 0 Å². The molecule has 0 aliphatic carbocycles. The van der Waals surface area contributed by atoms with Gasteiger partial charge in [-0.05, 0) is 18.6 Å². The molecule has 6 nitrogen and oxygen atoms in total. The van der Waals surface area contributed by atoms with Crippen LogP contribution < -0.4 is 10.2 Å². The molecule has 3 rings (SSSR count). The fraction of sp³-hybridized carbons (Fsp3) is 0.562. The van der Waals surface area contributed by atoms with E-state index in [0.29, 0.717) is 0 Å². The monoisotopic (exact) mass is 304 g/mol. The number of morpholine rings is 1. The average molecular weight is 304 g/mol. The fourth-order valence-electron chi connectivity index (χ4n) is 2.86. The number of rotatable bonds is 5. The molecule has 6 heteroatoms. The van der Waals surface area contributed by atoms with Crippen LogP contribution in [0.1, 0.15) is 6.42 Å². The molecule has 2 aliphatic heterocycles. The molecule has 0 amide bonds. The molecule has 1 fully saturated rings. The molecule has 0 unspecified atom stereocenters. The summed E-state index contributed by atoms with van der Waals surface area (Å²) in [7, 11) is 0. The van der Waals surface area contributed by atoms with Gasteiger partial charge in [0.1, 0.15) is 0 Å². The quantitative estimate of drug-likeness (QED) is 0.849. The van der Waals surface area contributed by atoms with E-state index < -0.39 is 0 Å². The summed E-state index contributed by atoms with van der Waals surface area (Å²) in [6.07, 6.45) is 0.770. The number of nitrogens with zero attached hydrogens (tertiary/aromatic N) is 3. The van der Waals surface area contributed by atoms with Crippen molar-refractivity contribution in [3.63, 3.8) is 0 Å². The lowest BCUT2D eigenvalue weighted by Gasteiger charge is -2.31. The van der Waals surface area contributed by atoms with Crippen LogP contribution in [0.5, 0.6) is 0 Å². The fourth-order valence-corrected chi connectivity index (χ4v) is 2.86. The van der Waals surface area contributed by atoms with Crippen LogP contribution in [-0.4, -0.2) is 68.5 Å². The number of aliphatic hydroxyl groups is 1. The SMILES string of the molecule is OCCCN1CCN=C1Nc1ccccc1N1CCOCC1. The number of aliphatic imine (C=N–C) groups is 1. The van der Waals surface area contributed by atoms with Gasteiger partial charge in [-0.15, -0.1) is 0 Å². The van der Waals surface area contributed by atoms with Crippen LogP contribution in [0.15, 0.2) is 29.3 Å². The third-order valence-corrected chi connectivity index (χ3v) is 4.02. The van der Waals surface area contributed by atoms with Crippen molar-refractivity contribution in [1.29, 1.82) is 0 Å². The zero-order chi connectivity index (χ0) is 15.2. The van der Waals surface area contributed by atoms with E-state index in [0.717, 1.165) is 64.0 Å². The van der Waals surface area contributed by atoms with Crippen LogP contribution in [0.3, 0.4) is 0 Å². The van der Waals surface area contributed by atoms with Crippen molar-refractivity contribution < 1.29 is 9.84 Å². The van der Waals surface area contributed by atoms with Gasteiger partial charge in [0.05, 0.1) is 31.1 Å². The van der Waals surface area contributed by atoms with Crippen LogP contribution in [0.2, 0.25) is 0 Å². The number of hydrogen-bond acceptors (Lipinski definition) is 6. The lowest BCUT2D eigenvalue weighted by atomic mass is 10.2. The van der Waals surface area contributed by atoms with Crippen LogP contribution in [0.4, 0.5) is 11.4 Å². The molecule has 0 saturated carbocycles. The van der Waals surface area contributed by atoms with Crippen LogP contribution in [-0.2, 0) is 4.74 Å². The number of guanidine groups is 1. The number of hydrogen-bond donors (Lipinski definition) is 2. The molecule has 2 N–H and O–H groups in total. The van der Waals surface area contributed by atoms with Crippen molar-refractivity contribution in [1.82, 2.24) is 4.90 Å². The van der Waals surface area contributed by atoms with Crippen LogP contribution in [0.25, 0.3) is 0 Å². The zero-order valence-corrected chi connectivity index (χ0v) is 12.9. The van der Waals surface area contributed by atoms with E-state index in [1.54, 1.807) is 0 Å². The van der Waals surface area contributed by atoms with Gasteiger partial charge in [-0.25, -0.2) is 0 Å². The van der Waals surface area contributed by atoms with E-state index >= 15 is 0 Å². The Kier molecular flexibility index (Phi) is 5.13. The number of nitrogens with one attached hydrogen (secondary N) is 1. The van der Waals surface area contributed by atoms with E-state index in [2.05, 4.69) is 38.3 Å². The molecule has 120 valence electrons. The maximum atomic E-state index is 9.01. The minimum atomic E-state index is 0.216. The molecular formula is C16H24N4O2. The summed E-state index contributed by atoms with van der Waals surface area (Å²) >= 11 is 0. The van der Waals surface area contributed by atoms with Crippen molar-refractivity contribution in [3.05, 3.63) is 24.3 Å². The van der Waals surface area contributed by atoms with E-state index in [4.69, 9.17) is 9.84 Å². The van der Waals surface area contributed by atoms with Crippen molar-refractivity contribution in [2.45, 2.75) is 6.42 Å². The van der Waals surface area contributed by atoms with Gasteiger partial charge in [-0.1, -0.05) is 12.1 Å². The topological polar surface area (TPSA) is 60.3 Å². The number of para-hydroxylation sites is 2. The van der Waals surface area contributed by atoms with Crippen molar-refractivity contribution in [3.8, 4) is 0 Å². The number of aliphatic hydroxyl groups excluding tert-OH is 1. The van der Waals surface area contributed by atoms with Crippen molar-refractivity contribution in [2.24, 2.45) is 4.99 Å². The smallest absolute Gasteiger partial charge is 0.198 e. The second-order valence-electron chi connectivity index (χ2n) is 5.51. The van der Waals surface area contributed by atoms with Crippen molar-refractivity contribution in [2.75, 3.05) is 62.8 Å². The highest BCUT2D eigenvalue weighted by molar-refractivity contribution is 5.97. The summed E-state index contributed by atoms with van der Waals surface area (Å²) in [5, 5.41) is 12.5. The summed E-state index contributed by atoms with van der Waals surface area (Å²) in [5.74, 6) is 0.911. The Bertz CT molecular complexity index is 515. The molecule has 0 bridgehead atoms. The second kappa shape index (κ2) is 7.47. The number of anilines is 2. The van der Waals surface area contributed by atoms with Crippen LogP contribution >= 0.6 is 0 Å². The molecule has 22 heavy (non-hydrogen) atoms. The third-order valence-electron chi connectivity index (χ3n) is 4.02. The molecule has 2 heterocycles. The first-order valence-electron chi connectivity index (χ1n) is 7.97. The summed E-state index contributed by atoms with van der Waals surface area (Å²) in [6.45, 7) is 6.17. The van der Waals surface area contributed by atoms with E-state index in [9.17, 15) is 0 Å². The zero-order valence-electron chi connectivity index (χ0n) is 12.9. The number of ether oxygens (including phenoxy) is 1. The van der Waals surface area contributed by atoms with Gasteiger partial charge in [-0.3, -0.25) is 4.99 Å². The third kappa shape index (κ3) is 3.51. The minimum absolute atomic E-state index is 0.216. The molecule has 1 aromatic carbocycles. The molecule has 0 spiro atoms. The Morgan fingerprint density at radius 2 is 2.00 bits per heavy atom. The van der Waals surface area contributed by atoms with Gasteiger partial charge < -0.3 is 25.0 Å². The predicted molar refractivity (Wildman–Crippen MR) is 88.7 cm³/mol. The highest BCUT2D eigenvalue weighted by Crippen LogP contribution is 2.27. The van der Waals surface area contributed by atoms with Gasteiger partial charge in [0.25, 0.3) is 0 Å². The van der Waals surface area contributed by atoms with Gasteiger partial charge >= 0.3 is 0 Å². The maximum Gasteiger partial charge on any atom is 0.198 e. The van der Waals surface area contributed by atoms with Gasteiger partial charge in [0, 0.05) is 32.8 Å². The summed E-state index contributed by atoms with van der Waals surface area (Å²) in [6, 6.07) is 8.34. The average Bonchev–Trinajstić information content (AvgIpc) is 3.01. The van der Waals surface area contributed by atoms with Crippen molar-refractivity contribution >= 4 is 17.3 Å². The Hall–Kier alpha value is -1.79. The summed E-state index contributed by atoms with van der Waals surface area (Å²) < 4.78 is 5.44. The normalized spacial score (nSPS) is 18.5. The minimum Gasteiger partial charge on any atom is -0.396 e. The first-order valence-corrected chi connectivity index (χ1v) is 7.97. The molecule has 1 saturated heterocycles. The summed E-state index contributed by atoms with van der Waals surface area (Å²) in [4.78, 5) is 9.11. The Morgan fingerprint density at radius 3 is 2.82 bits per heavy atom. The predicted octanol–water partition coefficient (Wildman–Crippen LogP) is 0.989. The summed E-state index contributed by atoms with van der Waals surface area (Å²) in [5.41, 5.74) is 2.28. The highest BCUT2D eigenvalue weighted by atomic mass is 16.5. The van der Waals surface area contributed by atoms with E-state index in [1.165, 1.54) is 5.69 Å². The molecule has 0 aromatic heterocycles. The standard InChI is InChI=1S/C16H24N4O2/c21-11-3-7-20-8-6-17-16(20)18-14-4-1-2-5-15(14)19-9-12-22-13-10-19/h1-2,4-5,21H,3,6-13H2,(H,17,18). The Labute approximate surface area is 131 Å². The highest BCUT2D eigenvalue weighted by Gasteiger charge is 2.19. The van der Waals surface area contributed by atoms with Gasteiger partial charge in [0.2, 0.25) is 0 Å². The first-order chi connectivity index (χ1) is 10.9. The maximum absolute atomic E-state index is 9.01. The van der Waals surface area contributed by atoms with Gasteiger partial charge in [0.15, 0.2) is 5.96 Å². The Balaban J connectivity index is 1.72. The molecule has 1 aromatic rings. The number of benzene rings is 1. The molecule has 0 atom stereocenters. The first kappa shape index (κ1) is 15.1. The lowest BCUT2D eigenvalue weighted by Crippen LogP contribution is -2.38. The molecule has 0 radical (unpaired) electrons. The molecular weight excluding hydrogens is 280 g/mol. The second-order valence-corrected chi connectivity index (χ2v) is 5.51. The lowest BCUT2D eigenvalue weighted by molar-refractivity contribution is 0.123. The van der Waals surface area contributed by atoms with Gasteiger partial charge in [-0.2, -0.15) is 0 Å².